The zero-order chi connectivity index (χ0) is 46.7. The van der Waals surface area contributed by atoms with Gasteiger partial charge in [0.1, 0.15) is 11.9 Å². The van der Waals surface area contributed by atoms with Crippen LogP contribution in [-0.2, 0) is 46.4 Å². The van der Waals surface area contributed by atoms with E-state index in [4.69, 9.17) is 23.9 Å². The maximum Gasteiger partial charge on any atom is 0.264 e. The van der Waals surface area contributed by atoms with E-state index in [9.17, 15) is 28.8 Å². The number of hydrogen-bond acceptors (Lipinski definition) is 14. The largest absolute Gasteiger partial charge is 0.382 e. The molecule has 2 aromatic heterocycles. The number of carbonyl (C=O) groups is 6. The summed E-state index contributed by atoms with van der Waals surface area (Å²) in [6.45, 7) is 8.00. The van der Waals surface area contributed by atoms with Gasteiger partial charge in [0, 0.05) is 54.3 Å². The fourth-order valence-electron chi connectivity index (χ4n) is 8.48. The Hall–Kier alpha value is -6.58. The molecule has 354 valence electrons. The van der Waals surface area contributed by atoms with Crippen LogP contribution in [0.1, 0.15) is 75.9 Å². The Morgan fingerprint density at radius 2 is 1.63 bits per heavy atom. The molecule has 5 N–H and O–H groups in total. The number of rotatable bonds is 24. The van der Waals surface area contributed by atoms with E-state index in [-0.39, 0.29) is 48.8 Å². The lowest BCUT2D eigenvalue weighted by molar-refractivity contribution is -0.136. The second-order valence-electron chi connectivity index (χ2n) is 16.6. The molecule has 2 saturated heterocycles. The van der Waals surface area contributed by atoms with Crippen LogP contribution >= 0.6 is 0 Å². The van der Waals surface area contributed by atoms with Gasteiger partial charge in [-0.05, 0) is 81.3 Å². The zero-order valence-electron chi connectivity index (χ0n) is 37.5. The monoisotopic (exact) mass is 920 g/mol. The number of hydrogen-bond donors (Lipinski definition) is 5. The molecule has 8 rings (SSSR count). The molecule has 2 fully saturated rings. The van der Waals surface area contributed by atoms with E-state index in [1.807, 2.05) is 24.3 Å². The Morgan fingerprint density at radius 3 is 2.39 bits per heavy atom. The number of nitrogens with one attached hydrogen (secondary N) is 5. The van der Waals surface area contributed by atoms with Crippen molar-refractivity contribution < 1.29 is 47.7 Å². The predicted octanol–water partition coefficient (Wildman–Crippen LogP) is 3.24. The van der Waals surface area contributed by atoms with Gasteiger partial charge in [-0.2, -0.15) is 5.10 Å². The van der Waals surface area contributed by atoms with E-state index >= 15 is 0 Å². The Balaban J connectivity index is 0.632. The molecule has 0 saturated carbocycles. The van der Waals surface area contributed by atoms with Gasteiger partial charge in [-0.1, -0.05) is 6.07 Å². The number of amides is 6. The summed E-state index contributed by atoms with van der Waals surface area (Å²) < 4.78 is 24.0. The van der Waals surface area contributed by atoms with Crippen molar-refractivity contribution >= 4 is 68.8 Å². The van der Waals surface area contributed by atoms with Gasteiger partial charge in [-0.15, -0.1) is 0 Å². The second kappa shape index (κ2) is 22.3. The molecule has 67 heavy (non-hydrogen) atoms. The lowest BCUT2D eigenvalue weighted by Crippen LogP contribution is -2.54. The number of ether oxygens (including phenoxy) is 4. The number of imide groups is 2. The highest BCUT2D eigenvalue weighted by atomic mass is 16.6. The van der Waals surface area contributed by atoms with Crippen LogP contribution in [0.2, 0.25) is 0 Å². The number of imidazole rings is 1. The minimum Gasteiger partial charge on any atom is -0.382 e. The molecule has 0 spiro atoms. The molecule has 5 heterocycles. The molecule has 0 bridgehead atoms. The summed E-state index contributed by atoms with van der Waals surface area (Å²) in [7, 11) is 0. The topological polar surface area (TPSA) is 240 Å². The minimum atomic E-state index is -1.03. The van der Waals surface area contributed by atoms with Crippen LogP contribution in [0.25, 0.3) is 21.9 Å². The molecule has 0 aliphatic carbocycles. The SMILES string of the molecule is C[C@H]1CCCN1Cc1nc2cc(NC(=O)c3ccc4c(cnn4CCNC(=O)CCOCCOCCOCCOCCNc4cccc5c4C(=O)N(C4CCC(=O)NC4=O)C5=O)c3)ccc2[nH]1. The van der Waals surface area contributed by atoms with Gasteiger partial charge >= 0.3 is 0 Å². The number of anilines is 2. The maximum atomic E-state index is 13.2. The number of benzene rings is 3. The number of aromatic amines is 1. The predicted molar refractivity (Wildman–Crippen MR) is 245 cm³/mol. The van der Waals surface area contributed by atoms with Crippen LogP contribution in [0.5, 0.6) is 0 Å². The van der Waals surface area contributed by atoms with Crippen molar-refractivity contribution in [2.24, 2.45) is 0 Å². The number of fused-ring (bicyclic) bond motifs is 3. The molecule has 5 aromatic rings. The van der Waals surface area contributed by atoms with Crippen molar-refractivity contribution in [1.82, 2.24) is 40.2 Å². The Morgan fingerprint density at radius 1 is 0.851 bits per heavy atom. The van der Waals surface area contributed by atoms with Crippen molar-refractivity contribution in [1.29, 1.82) is 0 Å². The van der Waals surface area contributed by atoms with Crippen LogP contribution < -0.4 is 21.3 Å². The number of piperidine rings is 1. The molecule has 3 aromatic carbocycles. The highest BCUT2D eigenvalue weighted by Gasteiger charge is 2.45. The van der Waals surface area contributed by atoms with Gasteiger partial charge in [0.2, 0.25) is 17.7 Å². The van der Waals surface area contributed by atoms with Crippen molar-refractivity contribution in [3.05, 3.63) is 83.3 Å². The smallest absolute Gasteiger partial charge is 0.264 e. The van der Waals surface area contributed by atoms with Crippen LogP contribution in [0.4, 0.5) is 11.4 Å². The van der Waals surface area contributed by atoms with E-state index < -0.39 is 29.7 Å². The van der Waals surface area contributed by atoms with Gasteiger partial charge < -0.3 is 39.9 Å². The van der Waals surface area contributed by atoms with Crippen molar-refractivity contribution in [3.8, 4) is 0 Å². The van der Waals surface area contributed by atoms with Crippen molar-refractivity contribution in [3.63, 3.8) is 0 Å². The number of H-pyrrole nitrogens is 1. The van der Waals surface area contributed by atoms with E-state index in [0.29, 0.717) is 88.9 Å². The summed E-state index contributed by atoms with van der Waals surface area (Å²) in [5.74, 6) is -1.65. The third kappa shape index (κ3) is 11.7. The molecule has 0 radical (unpaired) electrons. The first-order valence-corrected chi connectivity index (χ1v) is 22.8. The van der Waals surface area contributed by atoms with Crippen LogP contribution in [0.15, 0.2) is 60.8 Å². The average Bonchev–Trinajstić information content (AvgIpc) is 4.09. The first-order chi connectivity index (χ1) is 32.6. The molecule has 2 atom stereocenters. The summed E-state index contributed by atoms with van der Waals surface area (Å²) in [6, 6.07) is 15.5. The Bertz CT molecular complexity index is 2610. The molecule has 1 unspecified atom stereocenters. The van der Waals surface area contributed by atoms with Gasteiger partial charge in [0.15, 0.2) is 0 Å². The molecule has 6 amide bonds. The normalized spacial score (nSPS) is 17.4. The number of carbonyl (C=O) groups excluding carboxylic acids is 6. The van der Waals surface area contributed by atoms with E-state index in [2.05, 4.69) is 43.2 Å². The molecule has 3 aliphatic heterocycles. The maximum absolute atomic E-state index is 13.2. The summed E-state index contributed by atoms with van der Waals surface area (Å²) in [5, 5.41) is 16.5. The molecule has 3 aliphatic rings. The zero-order valence-corrected chi connectivity index (χ0v) is 37.5. The minimum absolute atomic E-state index is 0.0541. The van der Waals surface area contributed by atoms with Crippen LogP contribution in [0.3, 0.4) is 0 Å². The highest BCUT2D eigenvalue weighted by Crippen LogP contribution is 2.32. The summed E-state index contributed by atoms with van der Waals surface area (Å²) in [5.41, 5.74) is 4.64. The highest BCUT2D eigenvalue weighted by molar-refractivity contribution is 6.25. The fourth-order valence-corrected chi connectivity index (χ4v) is 8.48. The molecular formula is C47H56N10O10. The first kappa shape index (κ1) is 46.9. The Labute approximate surface area is 386 Å². The van der Waals surface area contributed by atoms with E-state index in [0.717, 1.165) is 45.8 Å². The Kier molecular flexibility index (Phi) is 15.6. The van der Waals surface area contributed by atoms with Crippen molar-refractivity contribution in [2.45, 2.75) is 64.2 Å². The average molecular weight is 921 g/mol. The third-order valence-corrected chi connectivity index (χ3v) is 12.0. The van der Waals surface area contributed by atoms with E-state index in [1.54, 1.807) is 41.2 Å². The first-order valence-electron chi connectivity index (χ1n) is 22.8. The fraction of sp³-hybridized carbons (Fsp3) is 0.447. The number of nitrogens with zero attached hydrogens (tertiary/aromatic N) is 5. The lowest BCUT2D eigenvalue weighted by Gasteiger charge is -2.27. The molecular weight excluding hydrogens is 865 g/mol. The quantitative estimate of drug-likeness (QED) is 0.0441. The van der Waals surface area contributed by atoms with Crippen LogP contribution in [-0.4, -0.2) is 150 Å². The second-order valence-corrected chi connectivity index (χ2v) is 16.6. The van der Waals surface area contributed by atoms with E-state index in [1.165, 1.54) is 12.8 Å². The number of likely N-dealkylation sites (tertiary alicyclic amines) is 1. The number of aromatic nitrogens is 4. The van der Waals surface area contributed by atoms with Gasteiger partial charge in [-0.3, -0.25) is 48.6 Å². The summed E-state index contributed by atoms with van der Waals surface area (Å²) in [6.07, 6.45) is 4.48. The third-order valence-electron chi connectivity index (χ3n) is 12.0. The van der Waals surface area contributed by atoms with Gasteiger partial charge in [0.05, 0.1) is 99.8 Å². The summed E-state index contributed by atoms with van der Waals surface area (Å²) in [4.78, 5) is 87.3. The standard InChI is InChI=1S/C47H56N10O10/c1-30-4-3-16-55(30)29-40-52-35-9-8-33(27-37(35)53-40)51-44(60)31-7-10-38-32(26-31)28-50-56(38)17-14-49-41(58)13-18-64-20-22-66-24-25-67-23-21-65-19-15-48-36-6-2-5-34-43(36)47(63)57(46(34)62)39-11-12-42(59)54-45(39)61/h2,5-10,26-28,30,39,48H,3-4,11-25,29H2,1H3,(H,49,58)(H,51,60)(H,52,53)(H,54,59,61)/t30-,39?/m0/s1. The van der Waals surface area contributed by atoms with Crippen molar-refractivity contribution in [2.75, 3.05) is 83.1 Å². The summed E-state index contributed by atoms with van der Waals surface area (Å²) >= 11 is 0. The molecule has 20 heteroatoms. The molecule has 20 nitrogen and oxygen atoms in total. The van der Waals surface area contributed by atoms with Gasteiger partial charge in [-0.25, -0.2) is 4.98 Å². The lowest BCUT2D eigenvalue weighted by atomic mass is 10.0. The van der Waals surface area contributed by atoms with Crippen LogP contribution in [0, 0.1) is 0 Å². The van der Waals surface area contributed by atoms with Gasteiger partial charge in [0.25, 0.3) is 17.7 Å².